The molecule has 0 aliphatic rings. The molecule has 1 unspecified atom stereocenters. The van der Waals surface area contributed by atoms with E-state index >= 15 is 0 Å². The molecule has 0 aliphatic carbocycles. The number of nitrogens with zero attached hydrogens (tertiary/aromatic N) is 1. The molecule has 1 atom stereocenters. The van der Waals surface area contributed by atoms with Crippen LogP contribution in [0, 0.1) is 6.92 Å². The van der Waals surface area contributed by atoms with Gasteiger partial charge < -0.3 is 20.1 Å². The molecule has 0 aliphatic heterocycles. The molecule has 0 fully saturated rings. The SMILES string of the molecule is Cc1ccc(N(CCI)CCI)cc1C(CNC(=O)OC(C)(C)C)CC(=O)O. The highest BCUT2D eigenvalue weighted by Gasteiger charge is 2.22. The molecule has 1 amide bonds. The number of aryl methyl sites for hydroxylation is 1. The Morgan fingerprint density at radius 1 is 1.21 bits per heavy atom. The van der Waals surface area contributed by atoms with Gasteiger partial charge in [0, 0.05) is 40.1 Å². The zero-order chi connectivity index (χ0) is 21.3. The molecule has 28 heavy (non-hydrogen) atoms. The fraction of sp³-hybridized carbons (Fsp3) is 0.600. The van der Waals surface area contributed by atoms with Gasteiger partial charge >= 0.3 is 12.1 Å². The summed E-state index contributed by atoms with van der Waals surface area (Å²) in [4.78, 5) is 25.8. The van der Waals surface area contributed by atoms with Gasteiger partial charge in [-0.3, -0.25) is 4.79 Å². The first-order valence-corrected chi connectivity index (χ1v) is 12.3. The Morgan fingerprint density at radius 2 is 1.82 bits per heavy atom. The van der Waals surface area contributed by atoms with Crippen molar-refractivity contribution in [1.29, 1.82) is 0 Å². The summed E-state index contributed by atoms with van der Waals surface area (Å²) in [7, 11) is 0. The van der Waals surface area contributed by atoms with E-state index in [1.54, 1.807) is 20.8 Å². The number of hydrogen-bond acceptors (Lipinski definition) is 4. The van der Waals surface area contributed by atoms with Crippen LogP contribution in [0.1, 0.15) is 44.2 Å². The second kappa shape index (κ2) is 12.0. The number of alkyl halides is 2. The first-order chi connectivity index (χ1) is 13.1. The van der Waals surface area contributed by atoms with Gasteiger partial charge in [-0.1, -0.05) is 51.2 Å². The molecule has 0 spiro atoms. The van der Waals surface area contributed by atoms with E-state index in [9.17, 15) is 14.7 Å². The smallest absolute Gasteiger partial charge is 0.407 e. The molecule has 0 bridgehead atoms. The molecule has 2 N–H and O–H groups in total. The Bertz CT molecular complexity index is 656. The van der Waals surface area contributed by atoms with E-state index in [0.29, 0.717) is 0 Å². The molecule has 0 heterocycles. The number of carboxylic acids is 1. The number of nitrogens with one attached hydrogen (secondary N) is 1. The van der Waals surface area contributed by atoms with Crippen LogP contribution in [0.15, 0.2) is 18.2 Å². The van der Waals surface area contributed by atoms with E-state index in [2.05, 4.69) is 67.5 Å². The van der Waals surface area contributed by atoms with Crippen LogP contribution in [-0.2, 0) is 9.53 Å². The Morgan fingerprint density at radius 3 is 2.32 bits per heavy atom. The van der Waals surface area contributed by atoms with Gasteiger partial charge in [-0.05, 0) is 51.0 Å². The number of carboxylic acid groups (broad SMARTS) is 1. The molecule has 1 aromatic carbocycles. The number of aliphatic carboxylic acids is 1. The van der Waals surface area contributed by atoms with Crippen molar-refractivity contribution >= 4 is 62.9 Å². The lowest BCUT2D eigenvalue weighted by atomic mass is 9.91. The zero-order valence-corrected chi connectivity index (χ0v) is 21.2. The molecule has 1 rings (SSSR count). The van der Waals surface area contributed by atoms with Crippen molar-refractivity contribution in [3.05, 3.63) is 29.3 Å². The third-order valence-corrected chi connectivity index (χ3v) is 5.05. The highest BCUT2D eigenvalue weighted by Crippen LogP contribution is 2.28. The summed E-state index contributed by atoms with van der Waals surface area (Å²) in [6, 6.07) is 6.18. The lowest BCUT2D eigenvalue weighted by molar-refractivity contribution is -0.137. The van der Waals surface area contributed by atoms with E-state index in [-0.39, 0.29) is 18.9 Å². The zero-order valence-electron chi connectivity index (χ0n) is 16.9. The summed E-state index contributed by atoms with van der Waals surface area (Å²) in [5.41, 5.74) is 2.45. The number of amides is 1. The average Bonchev–Trinajstić information content (AvgIpc) is 2.57. The van der Waals surface area contributed by atoms with Gasteiger partial charge in [-0.15, -0.1) is 0 Å². The molecule has 8 heteroatoms. The standard InChI is InChI=1S/C20H30I2N2O4/c1-14-5-6-16(24(9-7-21)10-8-22)12-17(14)15(11-18(25)26)13-23-19(27)28-20(2,3)4/h5-6,12,15H,7-11,13H2,1-4H3,(H,23,27)(H,25,26). The molecule has 0 radical (unpaired) electrons. The normalized spacial score (nSPS) is 12.4. The fourth-order valence-electron chi connectivity index (χ4n) is 2.86. The Labute approximate surface area is 195 Å². The number of ether oxygens (including phenoxy) is 1. The first kappa shape index (κ1) is 25.3. The van der Waals surface area contributed by atoms with E-state index in [0.717, 1.165) is 38.8 Å². The third-order valence-electron chi connectivity index (χ3n) is 4.09. The number of carbonyl (C=O) groups excluding carboxylic acids is 1. The van der Waals surface area contributed by atoms with Crippen molar-refractivity contribution in [2.45, 2.75) is 45.6 Å². The first-order valence-electron chi connectivity index (χ1n) is 9.23. The van der Waals surface area contributed by atoms with Crippen LogP contribution in [0.4, 0.5) is 10.5 Å². The van der Waals surface area contributed by atoms with Gasteiger partial charge in [0.25, 0.3) is 0 Å². The van der Waals surface area contributed by atoms with Gasteiger partial charge in [-0.2, -0.15) is 0 Å². The minimum absolute atomic E-state index is 0.0569. The Kier molecular flexibility index (Phi) is 10.9. The van der Waals surface area contributed by atoms with Crippen LogP contribution in [0.25, 0.3) is 0 Å². The molecule has 158 valence electrons. The lowest BCUT2D eigenvalue weighted by Crippen LogP contribution is -2.35. The molecular weight excluding hydrogens is 586 g/mol. The number of halogens is 2. The van der Waals surface area contributed by atoms with Crippen LogP contribution in [0.5, 0.6) is 0 Å². The second-order valence-electron chi connectivity index (χ2n) is 7.58. The number of carbonyl (C=O) groups is 2. The summed E-state index contributed by atoms with van der Waals surface area (Å²) >= 11 is 4.72. The van der Waals surface area contributed by atoms with Crippen LogP contribution in [0.2, 0.25) is 0 Å². The maximum absolute atomic E-state index is 12.0. The van der Waals surface area contributed by atoms with Gasteiger partial charge in [0.2, 0.25) is 0 Å². The summed E-state index contributed by atoms with van der Waals surface area (Å²) in [6.45, 7) is 9.45. The average molecular weight is 616 g/mol. The van der Waals surface area contributed by atoms with Crippen molar-refractivity contribution in [1.82, 2.24) is 5.32 Å². The largest absolute Gasteiger partial charge is 0.481 e. The van der Waals surface area contributed by atoms with Crippen molar-refractivity contribution in [2.24, 2.45) is 0 Å². The van der Waals surface area contributed by atoms with Crippen LogP contribution >= 0.6 is 45.2 Å². The summed E-state index contributed by atoms with van der Waals surface area (Å²) in [6.07, 6.45) is -0.591. The van der Waals surface area contributed by atoms with Gasteiger partial charge in [-0.25, -0.2) is 4.79 Å². The number of hydrogen-bond donors (Lipinski definition) is 2. The van der Waals surface area contributed by atoms with E-state index in [4.69, 9.17) is 4.74 Å². The predicted molar refractivity (Wildman–Crippen MR) is 130 cm³/mol. The van der Waals surface area contributed by atoms with Gasteiger partial charge in [0.15, 0.2) is 0 Å². The number of anilines is 1. The number of benzene rings is 1. The van der Waals surface area contributed by atoms with Gasteiger partial charge in [0.05, 0.1) is 6.42 Å². The minimum Gasteiger partial charge on any atom is -0.481 e. The molecule has 1 aromatic rings. The van der Waals surface area contributed by atoms with E-state index in [1.807, 2.05) is 13.0 Å². The van der Waals surface area contributed by atoms with E-state index in [1.165, 1.54) is 0 Å². The van der Waals surface area contributed by atoms with Gasteiger partial charge in [0.1, 0.15) is 5.60 Å². The topological polar surface area (TPSA) is 78.9 Å². The fourth-order valence-corrected chi connectivity index (χ4v) is 4.03. The van der Waals surface area contributed by atoms with Crippen LogP contribution in [0.3, 0.4) is 0 Å². The van der Waals surface area contributed by atoms with Crippen molar-refractivity contribution in [2.75, 3.05) is 33.4 Å². The maximum Gasteiger partial charge on any atom is 0.407 e. The molecular formula is C20H30I2N2O4. The van der Waals surface area contributed by atoms with Crippen LogP contribution < -0.4 is 10.2 Å². The van der Waals surface area contributed by atoms with Crippen molar-refractivity contribution in [3.63, 3.8) is 0 Å². The Hall–Kier alpha value is -0.780. The maximum atomic E-state index is 12.0. The summed E-state index contributed by atoms with van der Waals surface area (Å²) < 4.78 is 7.30. The van der Waals surface area contributed by atoms with Crippen molar-refractivity contribution in [3.8, 4) is 0 Å². The third kappa shape index (κ3) is 9.15. The van der Waals surface area contributed by atoms with Crippen LogP contribution in [-0.4, -0.2) is 51.3 Å². The lowest BCUT2D eigenvalue weighted by Gasteiger charge is -2.26. The Balaban J connectivity index is 3.07. The molecule has 0 saturated heterocycles. The monoisotopic (exact) mass is 616 g/mol. The summed E-state index contributed by atoms with van der Waals surface area (Å²) in [5, 5.41) is 12.1. The minimum atomic E-state index is -0.892. The molecule has 0 saturated carbocycles. The molecule has 6 nitrogen and oxygen atoms in total. The predicted octanol–water partition coefficient (Wildman–Crippen LogP) is 4.75. The van der Waals surface area contributed by atoms with E-state index < -0.39 is 17.7 Å². The number of rotatable bonds is 10. The second-order valence-corrected chi connectivity index (χ2v) is 9.74. The molecule has 0 aromatic heterocycles. The highest BCUT2D eigenvalue weighted by molar-refractivity contribution is 14.1. The number of alkyl carbamates (subject to hydrolysis) is 1. The van der Waals surface area contributed by atoms with Crippen molar-refractivity contribution < 1.29 is 19.4 Å². The highest BCUT2D eigenvalue weighted by atomic mass is 127. The summed E-state index contributed by atoms with van der Waals surface area (Å²) in [5.74, 6) is -1.22. The quantitative estimate of drug-likeness (QED) is 0.293.